The summed E-state index contributed by atoms with van der Waals surface area (Å²) in [6.45, 7) is 7.19. The summed E-state index contributed by atoms with van der Waals surface area (Å²) in [5.74, 6) is 0.425. The van der Waals surface area contributed by atoms with E-state index in [0.717, 1.165) is 16.9 Å². The van der Waals surface area contributed by atoms with Crippen LogP contribution in [0.2, 0.25) is 0 Å². The molecule has 3 amide bonds. The molecule has 0 unspecified atom stereocenters. The molecular formula is C21H27N3O2S. The van der Waals surface area contributed by atoms with Gasteiger partial charge in [0.2, 0.25) is 5.91 Å². The molecule has 1 aromatic heterocycles. The number of hydrogen-bond acceptors (Lipinski definition) is 4. The fraction of sp³-hybridized carbons (Fsp3) is 0.429. The van der Waals surface area contributed by atoms with E-state index < -0.39 is 6.04 Å². The Morgan fingerprint density at radius 2 is 1.96 bits per heavy atom. The van der Waals surface area contributed by atoms with Crippen LogP contribution in [0.3, 0.4) is 0 Å². The second kappa shape index (κ2) is 8.67. The van der Waals surface area contributed by atoms with E-state index in [2.05, 4.69) is 54.8 Å². The van der Waals surface area contributed by atoms with Crippen LogP contribution < -0.4 is 10.6 Å². The third-order valence-electron chi connectivity index (χ3n) is 4.69. The maximum Gasteiger partial charge on any atom is 0.324 e. The van der Waals surface area contributed by atoms with Crippen LogP contribution in [0.15, 0.2) is 41.8 Å². The van der Waals surface area contributed by atoms with Gasteiger partial charge in [-0.3, -0.25) is 15.0 Å². The Labute approximate surface area is 164 Å². The van der Waals surface area contributed by atoms with Crippen molar-refractivity contribution in [2.45, 2.75) is 39.3 Å². The van der Waals surface area contributed by atoms with Crippen LogP contribution in [0.25, 0.3) is 0 Å². The quantitative estimate of drug-likeness (QED) is 0.766. The molecule has 144 valence electrons. The lowest BCUT2D eigenvalue weighted by Gasteiger charge is -2.25. The van der Waals surface area contributed by atoms with Crippen molar-refractivity contribution in [2.75, 3.05) is 13.1 Å². The zero-order valence-corrected chi connectivity index (χ0v) is 16.9. The number of carbonyl (C=O) groups excluding carboxylic acids is 2. The molecule has 5 nitrogen and oxygen atoms in total. The minimum absolute atomic E-state index is 0.0808. The molecule has 2 heterocycles. The number of imide groups is 1. The van der Waals surface area contributed by atoms with E-state index in [1.54, 1.807) is 11.3 Å². The van der Waals surface area contributed by atoms with Gasteiger partial charge >= 0.3 is 6.03 Å². The summed E-state index contributed by atoms with van der Waals surface area (Å²) >= 11 is 1.66. The molecule has 6 heteroatoms. The van der Waals surface area contributed by atoms with Gasteiger partial charge < -0.3 is 5.32 Å². The Bertz CT molecular complexity index is 771. The van der Waals surface area contributed by atoms with E-state index in [4.69, 9.17) is 0 Å². The van der Waals surface area contributed by atoms with Crippen molar-refractivity contribution in [3.05, 3.63) is 57.8 Å². The number of nitrogens with zero attached hydrogens (tertiary/aromatic N) is 1. The van der Waals surface area contributed by atoms with Crippen LogP contribution in [0.5, 0.6) is 0 Å². The smallest absolute Gasteiger partial charge is 0.324 e. The average molecular weight is 386 g/mol. The first kappa shape index (κ1) is 19.6. The Morgan fingerprint density at radius 1 is 1.22 bits per heavy atom. The third kappa shape index (κ3) is 4.76. The highest BCUT2D eigenvalue weighted by Gasteiger charge is 2.31. The zero-order chi connectivity index (χ0) is 19.4. The van der Waals surface area contributed by atoms with Crippen molar-refractivity contribution in [1.82, 2.24) is 15.5 Å². The van der Waals surface area contributed by atoms with Crippen molar-refractivity contribution in [1.29, 1.82) is 0 Å². The molecule has 0 aliphatic carbocycles. The van der Waals surface area contributed by atoms with Gasteiger partial charge in [-0.2, -0.15) is 0 Å². The van der Waals surface area contributed by atoms with E-state index in [0.29, 0.717) is 19.0 Å². The summed E-state index contributed by atoms with van der Waals surface area (Å²) in [5, 5.41) is 8.15. The monoisotopic (exact) mass is 385 g/mol. The molecule has 0 radical (unpaired) electrons. The molecule has 3 rings (SSSR count). The number of benzene rings is 1. The van der Waals surface area contributed by atoms with E-state index in [9.17, 15) is 9.59 Å². The van der Waals surface area contributed by atoms with Crippen LogP contribution in [0, 0.1) is 5.92 Å². The normalized spacial score (nSPS) is 16.4. The van der Waals surface area contributed by atoms with Crippen LogP contribution in [-0.4, -0.2) is 36.0 Å². The molecule has 0 spiro atoms. The number of carbonyl (C=O) groups is 2. The van der Waals surface area contributed by atoms with Gasteiger partial charge in [-0.05, 0) is 41.8 Å². The minimum atomic E-state index is -0.462. The van der Waals surface area contributed by atoms with Gasteiger partial charge in [-0.15, -0.1) is 11.3 Å². The lowest BCUT2D eigenvalue weighted by molar-refractivity contribution is -0.129. The average Bonchev–Trinajstić information content (AvgIpc) is 3.31. The third-order valence-corrected chi connectivity index (χ3v) is 5.63. The van der Waals surface area contributed by atoms with Crippen molar-refractivity contribution < 1.29 is 9.59 Å². The summed E-state index contributed by atoms with van der Waals surface area (Å²) in [6, 6.07) is 11.8. The number of hydrogen-bond donors (Lipinski definition) is 2. The molecule has 2 atom stereocenters. The van der Waals surface area contributed by atoms with Crippen LogP contribution in [0.4, 0.5) is 4.79 Å². The Morgan fingerprint density at radius 3 is 2.52 bits per heavy atom. The van der Waals surface area contributed by atoms with Crippen LogP contribution in [-0.2, 0) is 11.2 Å². The topological polar surface area (TPSA) is 61.4 Å². The zero-order valence-electron chi connectivity index (χ0n) is 16.1. The first-order valence-corrected chi connectivity index (χ1v) is 10.3. The van der Waals surface area contributed by atoms with Crippen molar-refractivity contribution in [2.24, 2.45) is 5.92 Å². The highest BCUT2D eigenvalue weighted by atomic mass is 32.1. The molecule has 1 aromatic carbocycles. The fourth-order valence-corrected chi connectivity index (χ4v) is 4.16. The standard InChI is InChI=1S/C21H27N3O2S/c1-14(2)13-16-6-8-17(9-7-16)19(18-5-4-12-27-18)23-15(3)20(25)24-11-10-22-21(24)26/h4-9,12,14-15,19,23H,10-11,13H2,1-3H3,(H,22,26)/t15-,19-/m1/s1. The Balaban J connectivity index is 1.78. The second-order valence-electron chi connectivity index (χ2n) is 7.40. The summed E-state index contributed by atoms with van der Waals surface area (Å²) in [7, 11) is 0. The van der Waals surface area contributed by atoms with Gasteiger partial charge in [0.1, 0.15) is 0 Å². The van der Waals surface area contributed by atoms with E-state index >= 15 is 0 Å². The lowest BCUT2D eigenvalue weighted by atomic mass is 9.98. The minimum Gasteiger partial charge on any atom is -0.336 e. The van der Waals surface area contributed by atoms with Gasteiger partial charge in [0.25, 0.3) is 0 Å². The molecule has 1 aliphatic heterocycles. The molecular weight excluding hydrogens is 358 g/mol. The predicted molar refractivity (Wildman–Crippen MR) is 109 cm³/mol. The molecule has 1 fully saturated rings. The Kier molecular flexibility index (Phi) is 6.29. The summed E-state index contributed by atoms with van der Waals surface area (Å²) in [5.41, 5.74) is 2.44. The lowest BCUT2D eigenvalue weighted by Crippen LogP contribution is -2.47. The largest absolute Gasteiger partial charge is 0.336 e. The number of rotatable bonds is 7. The number of nitrogens with one attached hydrogen (secondary N) is 2. The molecule has 0 bridgehead atoms. The highest BCUT2D eigenvalue weighted by Crippen LogP contribution is 2.27. The van der Waals surface area contributed by atoms with Crippen LogP contribution in [0.1, 0.15) is 42.8 Å². The molecule has 2 aromatic rings. The maximum atomic E-state index is 12.7. The fourth-order valence-electron chi connectivity index (χ4n) is 3.35. The molecule has 2 N–H and O–H groups in total. The van der Waals surface area contributed by atoms with Gasteiger partial charge in [0.15, 0.2) is 0 Å². The second-order valence-corrected chi connectivity index (χ2v) is 8.38. The van der Waals surface area contributed by atoms with Crippen molar-refractivity contribution in [3.63, 3.8) is 0 Å². The van der Waals surface area contributed by atoms with Crippen molar-refractivity contribution in [3.8, 4) is 0 Å². The summed E-state index contributed by atoms with van der Waals surface area (Å²) in [4.78, 5) is 26.9. The maximum absolute atomic E-state index is 12.7. The van der Waals surface area contributed by atoms with Crippen LogP contribution >= 0.6 is 11.3 Å². The first-order valence-electron chi connectivity index (χ1n) is 9.43. The summed E-state index contributed by atoms with van der Waals surface area (Å²) < 4.78 is 0. The molecule has 27 heavy (non-hydrogen) atoms. The van der Waals surface area contributed by atoms with Gasteiger partial charge in [0.05, 0.1) is 12.1 Å². The molecule has 0 saturated carbocycles. The molecule has 1 saturated heterocycles. The summed E-state index contributed by atoms with van der Waals surface area (Å²) in [6.07, 6.45) is 1.05. The van der Waals surface area contributed by atoms with E-state index in [1.165, 1.54) is 10.5 Å². The van der Waals surface area contributed by atoms with Crippen molar-refractivity contribution >= 4 is 23.3 Å². The number of amides is 3. The van der Waals surface area contributed by atoms with Gasteiger partial charge in [0, 0.05) is 18.0 Å². The van der Waals surface area contributed by atoms with Gasteiger partial charge in [-0.25, -0.2) is 4.79 Å². The highest BCUT2D eigenvalue weighted by molar-refractivity contribution is 7.10. The predicted octanol–water partition coefficient (Wildman–Crippen LogP) is 3.57. The van der Waals surface area contributed by atoms with Gasteiger partial charge in [-0.1, -0.05) is 44.2 Å². The Hall–Kier alpha value is -2.18. The number of thiophene rings is 1. The molecule has 1 aliphatic rings. The number of urea groups is 1. The first-order chi connectivity index (χ1) is 13.0. The SMILES string of the molecule is CC(C)Cc1ccc([C@@H](N[C@H](C)C(=O)N2CCNC2=O)c2cccs2)cc1. The van der Waals surface area contributed by atoms with E-state index in [1.807, 2.05) is 18.4 Å². The van der Waals surface area contributed by atoms with E-state index in [-0.39, 0.29) is 18.0 Å².